The number of ketones is 1. The first-order valence-electron chi connectivity index (χ1n) is 19.7. The van der Waals surface area contributed by atoms with E-state index in [1.165, 1.54) is 51.4 Å². The summed E-state index contributed by atoms with van der Waals surface area (Å²) in [5, 5.41) is 24.0. The Morgan fingerprint density at radius 1 is 0.766 bits per heavy atom. The molecule has 0 spiro atoms. The second-order valence-electron chi connectivity index (χ2n) is 17.6. The molecule has 0 amide bonds. The molecule has 0 aromatic rings. The summed E-state index contributed by atoms with van der Waals surface area (Å²) in [6.45, 7) is 12.6. The molecule has 0 saturated heterocycles. The van der Waals surface area contributed by atoms with Crippen LogP contribution >= 0.6 is 0 Å². The van der Waals surface area contributed by atoms with Crippen LogP contribution in [0.2, 0.25) is 0 Å². The number of fused-ring (bicyclic) bond motifs is 8. The van der Waals surface area contributed by atoms with Gasteiger partial charge in [-0.25, -0.2) is 0 Å². The summed E-state index contributed by atoms with van der Waals surface area (Å²) in [6, 6.07) is 0. The summed E-state index contributed by atoms with van der Waals surface area (Å²) in [5.41, 5.74) is -3.91. The van der Waals surface area contributed by atoms with Gasteiger partial charge in [0.05, 0.1) is 5.60 Å². The zero-order valence-electron chi connectivity index (χ0n) is 30.3. The number of unbranched alkanes of at least 4 members (excludes halogenated alkanes) is 12. The molecule has 0 radical (unpaired) electrons. The summed E-state index contributed by atoms with van der Waals surface area (Å²) in [7, 11) is 0. The van der Waals surface area contributed by atoms with Crippen molar-refractivity contribution >= 4 is 17.7 Å². The number of esters is 2. The lowest BCUT2D eigenvalue weighted by atomic mass is 9.38. The second kappa shape index (κ2) is 12.7. The first-order chi connectivity index (χ1) is 22.4. The van der Waals surface area contributed by atoms with E-state index in [-0.39, 0.29) is 59.8 Å². The lowest BCUT2D eigenvalue weighted by molar-refractivity contribution is -0.227. The zero-order chi connectivity index (χ0) is 34.0. The minimum Gasteiger partial charge on any atom is -0.458 e. The van der Waals surface area contributed by atoms with Crippen molar-refractivity contribution < 1.29 is 34.1 Å². The van der Waals surface area contributed by atoms with Crippen molar-refractivity contribution in [1.29, 1.82) is 0 Å². The fraction of sp³-hybridized carbons (Fsp3) is 0.925. The van der Waals surface area contributed by atoms with Gasteiger partial charge < -0.3 is 19.7 Å². The van der Waals surface area contributed by atoms with E-state index in [1.54, 1.807) is 0 Å². The van der Waals surface area contributed by atoms with Gasteiger partial charge in [0.15, 0.2) is 5.60 Å². The van der Waals surface area contributed by atoms with E-state index in [4.69, 9.17) is 9.47 Å². The molecule has 6 saturated carbocycles. The van der Waals surface area contributed by atoms with E-state index in [0.717, 1.165) is 38.5 Å². The predicted molar refractivity (Wildman–Crippen MR) is 180 cm³/mol. The van der Waals surface area contributed by atoms with Crippen LogP contribution in [0.1, 0.15) is 151 Å². The van der Waals surface area contributed by atoms with E-state index in [0.29, 0.717) is 19.3 Å². The molecule has 0 aromatic carbocycles. The first-order valence-corrected chi connectivity index (χ1v) is 19.7. The molecule has 0 aromatic heterocycles. The van der Waals surface area contributed by atoms with Gasteiger partial charge in [-0.1, -0.05) is 119 Å². The number of carbonyl (C=O) groups excluding carboxylic acids is 3. The Morgan fingerprint density at radius 2 is 1.30 bits per heavy atom. The van der Waals surface area contributed by atoms with E-state index in [2.05, 4.69) is 27.7 Å². The van der Waals surface area contributed by atoms with Gasteiger partial charge in [-0.2, -0.15) is 0 Å². The lowest BCUT2D eigenvalue weighted by Gasteiger charge is -2.64. The van der Waals surface area contributed by atoms with Crippen molar-refractivity contribution in [2.24, 2.45) is 57.7 Å². The fourth-order valence-corrected chi connectivity index (χ4v) is 13.1. The minimum atomic E-state index is -1.22. The third-order valence-corrected chi connectivity index (χ3v) is 15.4. The van der Waals surface area contributed by atoms with Gasteiger partial charge in [-0.15, -0.1) is 0 Å². The van der Waals surface area contributed by atoms with Crippen molar-refractivity contribution in [2.45, 2.75) is 168 Å². The van der Waals surface area contributed by atoms with Crippen LogP contribution in [0.5, 0.6) is 0 Å². The molecule has 2 N–H and O–H groups in total. The maximum atomic E-state index is 13.7. The summed E-state index contributed by atoms with van der Waals surface area (Å²) < 4.78 is 13.1. The molecule has 2 bridgehead atoms. The van der Waals surface area contributed by atoms with Gasteiger partial charge in [0, 0.05) is 59.4 Å². The number of ether oxygens (including phenoxy) is 2. The zero-order valence-corrected chi connectivity index (χ0v) is 30.3. The standard InChI is InChI=1S/C40H64O7/c1-7-9-11-13-15-17-19-21-27(42)46-35-25(3)39(45)29-26-23-38(24-41)31(30(29)37(38,6)34(26)44)32(39)33-36(4,5)40(33,35)47-28(43)22-20-18-16-14-12-10-8-2/h25-26,29-33,35,41,45H,7-24H2,1-6H3/t25-,26-,29+,30?,31?,32+,33-,35-,37?,38?,39+,40-/m1/s1. The fourth-order valence-electron chi connectivity index (χ4n) is 13.1. The molecule has 6 fully saturated rings. The lowest BCUT2D eigenvalue weighted by Crippen LogP contribution is -2.66. The maximum absolute atomic E-state index is 13.7. The molecule has 0 aliphatic heterocycles. The van der Waals surface area contributed by atoms with Crippen LogP contribution in [-0.2, 0) is 23.9 Å². The molecule has 266 valence electrons. The Bertz CT molecular complexity index is 1210. The van der Waals surface area contributed by atoms with Crippen LogP contribution in [0.15, 0.2) is 0 Å². The number of Topliss-reactive ketones (excluding diaryl/α,β-unsaturated/α-hetero) is 1. The SMILES string of the molecule is CCCCCCCCCC(=O)O[C@@H]1[C@@H](C)[C@]2(O)[C@@H]3C4C([C@H]2[C@@H]2C(C)(C)[C@]12OC(=O)CCCCCCCCC)C1(CO)C[C@H]3C(=O)C41C. The van der Waals surface area contributed by atoms with Crippen molar-refractivity contribution in [3.05, 3.63) is 0 Å². The highest BCUT2D eigenvalue weighted by molar-refractivity contribution is 5.96. The maximum Gasteiger partial charge on any atom is 0.306 e. The van der Waals surface area contributed by atoms with Gasteiger partial charge >= 0.3 is 11.9 Å². The number of hydrogen-bond donors (Lipinski definition) is 2. The second-order valence-corrected chi connectivity index (χ2v) is 17.6. The topological polar surface area (TPSA) is 110 Å². The predicted octanol–water partition coefficient (Wildman–Crippen LogP) is 7.58. The molecule has 7 heteroatoms. The van der Waals surface area contributed by atoms with Crippen molar-refractivity contribution in [2.75, 3.05) is 6.61 Å². The van der Waals surface area contributed by atoms with Crippen molar-refractivity contribution in [1.82, 2.24) is 0 Å². The van der Waals surface area contributed by atoms with Gasteiger partial charge in [0.25, 0.3) is 0 Å². The van der Waals surface area contributed by atoms with Crippen LogP contribution in [0.4, 0.5) is 0 Å². The smallest absolute Gasteiger partial charge is 0.306 e. The van der Waals surface area contributed by atoms with Crippen LogP contribution in [0, 0.1) is 57.7 Å². The highest BCUT2D eigenvalue weighted by Crippen LogP contribution is 2.92. The number of rotatable bonds is 19. The quantitative estimate of drug-likeness (QED) is 0.109. The number of hydrogen-bond acceptors (Lipinski definition) is 7. The van der Waals surface area contributed by atoms with Crippen molar-refractivity contribution in [3.63, 3.8) is 0 Å². The highest BCUT2D eigenvalue weighted by Gasteiger charge is 2.98. The molecule has 7 nitrogen and oxygen atoms in total. The third kappa shape index (κ3) is 4.66. The van der Waals surface area contributed by atoms with Crippen LogP contribution < -0.4 is 0 Å². The normalized spacial score (nSPS) is 44.1. The van der Waals surface area contributed by atoms with Crippen molar-refractivity contribution in [3.8, 4) is 0 Å². The minimum absolute atomic E-state index is 0.00465. The summed E-state index contributed by atoms with van der Waals surface area (Å²) in [4.78, 5) is 41.0. The Balaban J connectivity index is 1.23. The monoisotopic (exact) mass is 656 g/mol. The largest absolute Gasteiger partial charge is 0.458 e. The average Bonchev–Trinajstić information content (AvgIpc) is 3.22. The first kappa shape index (κ1) is 35.4. The van der Waals surface area contributed by atoms with Crippen LogP contribution in [0.3, 0.4) is 0 Å². The number of aliphatic hydroxyl groups is 2. The molecule has 0 heterocycles. The van der Waals surface area contributed by atoms with Gasteiger partial charge in [0.2, 0.25) is 0 Å². The van der Waals surface area contributed by atoms with Gasteiger partial charge in [-0.3, -0.25) is 14.4 Å². The Labute approximate surface area is 283 Å². The third-order valence-electron chi connectivity index (χ3n) is 15.4. The Hall–Kier alpha value is -1.47. The summed E-state index contributed by atoms with van der Waals surface area (Å²) in [6.07, 6.45) is 16.0. The molecule has 6 aliphatic carbocycles. The summed E-state index contributed by atoms with van der Waals surface area (Å²) >= 11 is 0. The van der Waals surface area contributed by atoms with E-state index < -0.39 is 39.5 Å². The highest BCUT2D eigenvalue weighted by atomic mass is 16.6. The Kier molecular flexibility index (Phi) is 9.55. The number of carbonyl (C=O) groups is 3. The molecule has 47 heavy (non-hydrogen) atoms. The van der Waals surface area contributed by atoms with Gasteiger partial charge in [0.1, 0.15) is 11.9 Å². The van der Waals surface area contributed by atoms with E-state index in [9.17, 15) is 24.6 Å². The average molecular weight is 657 g/mol. The van der Waals surface area contributed by atoms with Crippen LogP contribution in [-0.4, -0.2) is 51.8 Å². The van der Waals surface area contributed by atoms with E-state index >= 15 is 0 Å². The molecule has 6 aliphatic rings. The molecule has 4 unspecified atom stereocenters. The molecular formula is C40H64O7. The molecular weight excluding hydrogens is 592 g/mol. The molecule has 6 rings (SSSR count). The Morgan fingerprint density at radius 3 is 1.83 bits per heavy atom. The summed E-state index contributed by atoms with van der Waals surface area (Å²) in [5.74, 6) is -1.72. The van der Waals surface area contributed by atoms with E-state index in [1.807, 2.05) is 13.8 Å². The molecule has 12 atom stereocenters. The van der Waals surface area contributed by atoms with Gasteiger partial charge in [-0.05, 0) is 37.0 Å². The van der Waals surface area contributed by atoms with Crippen LogP contribution in [0.25, 0.3) is 0 Å². The number of aliphatic hydroxyl groups excluding tert-OH is 1.